The lowest BCUT2D eigenvalue weighted by Crippen LogP contribution is -2.28. The van der Waals surface area contributed by atoms with Crippen LogP contribution in [0.2, 0.25) is 0 Å². The molecule has 3 rings (SSSR count). The molecule has 0 N–H and O–H groups in total. The van der Waals surface area contributed by atoms with Gasteiger partial charge in [0.25, 0.3) is 0 Å². The van der Waals surface area contributed by atoms with Gasteiger partial charge in [0.15, 0.2) is 0 Å². The Labute approximate surface area is 142 Å². The zero-order chi connectivity index (χ0) is 16.9. The van der Waals surface area contributed by atoms with Crippen molar-refractivity contribution in [1.29, 1.82) is 0 Å². The first-order chi connectivity index (χ1) is 11.7. The Hall–Kier alpha value is -2.40. The third kappa shape index (κ3) is 3.57. The fourth-order valence-electron chi connectivity index (χ4n) is 3.43. The monoisotopic (exact) mass is 326 g/mol. The fourth-order valence-corrected chi connectivity index (χ4v) is 3.43. The van der Waals surface area contributed by atoms with Gasteiger partial charge in [0.05, 0.1) is 19.1 Å². The molecule has 5 heteroatoms. The largest absolute Gasteiger partial charge is 0.494 e. The molecule has 2 unspecified atom stereocenters. The molecule has 5 nitrogen and oxygen atoms in total. The van der Waals surface area contributed by atoms with Crippen molar-refractivity contribution in [2.45, 2.75) is 25.4 Å². The molecular weight excluding hydrogens is 304 g/mol. The van der Waals surface area contributed by atoms with Crippen LogP contribution in [0.25, 0.3) is 0 Å². The Kier molecular flexibility index (Phi) is 5.11. The van der Waals surface area contributed by atoms with E-state index < -0.39 is 6.04 Å². The van der Waals surface area contributed by atoms with Crippen molar-refractivity contribution in [1.82, 2.24) is 4.90 Å². The molecule has 0 bridgehead atoms. The highest BCUT2D eigenvalue weighted by Crippen LogP contribution is 2.35. The summed E-state index contributed by atoms with van der Waals surface area (Å²) in [7, 11) is 0. The van der Waals surface area contributed by atoms with Gasteiger partial charge < -0.3 is 4.74 Å². The van der Waals surface area contributed by atoms with Crippen molar-refractivity contribution in [3.05, 3.63) is 75.8 Å². The summed E-state index contributed by atoms with van der Waals surface area (Å²) in [5.74, 6) is 0.616. The molecule has 2 aromatic carbocycles. The topological polar surface area (TPSA) is 55.6 Å². The number of para-hydroxylation sites is 1. The van der Waals surface area contributed by atoms with Gasteiger partial charge in [-0.3, -0.25) is 15.0 Å². The van der Waals surface area contributed by atoms with E-state index in [0.717, 1.165) is 17.9 Å². The van der Waals surface area contributed by atoms with E-state index in [2.05, 4.69) is 17.0 Å². The van der Waals surface area contributed by atoms with Crippen molar-refractivity contribution < 1.29 is 9.66 Å². The van der Waals surface area contributed by atoms with Gasteiger partial charge in [-0.1, -0.05) is 48.5 Å². The maximum Gasteiger partial charge on any atom is 0.233 e. The van der Waals surface area contributed by atoms with Crippen molar-refractivity contribution >= 4 is 0 Å². The van der Waals surface area contributed by atoms with Crippen LogP contribution in [0.4, 0.5) is 0 Å². The first-order valence-electron chi connectivity index (χ1n) is 8.30. The Bertz CT molecular complexity index is 690. The number of hydrogen-bond acceptors (Lipinski definition) is 4. The number of nitrogens with zero attached hydrogens (tertiary/aromatic N) is 2. The molecule has 1 aliphatic rings. The molecule has 126 valence electrons. The summed E-state index contributed by atoms with van der Waals surface area (Å²) < 4.78 is 5.69. The van der Waals surface area contributed by atoms with Gasteiger partial charge in [-0.15, -0.1) is 0 Å². The van der Waals surface area contributed by atoms with Crippen molar-refractivity contribution in [2.24, 2.45) is 0 Å². The average Bonchev–Trinajstić information content (AvgIpc) is 3.00. The van der Waals surface area contributed by atoms with E-state index in [1.54, 1.807) is 0 Å². The number of benzene rings is 2. The van der Waals surface area contributed by atoms with E-state index in [4.69, 9.17) is 4.74 Å². The zero-order valence-electron chi connectivity index (χ0n) is 13.8. The van der Waals surface area contributed by atoms with Crippen LogP contribution in [0.3, 0.4) is 0 Å². The summed E-state index contributed by atoms with van der Waals surface area (Å²) >= 11 is 0. The van der Waals surface area contributed by atoms with Crippen LogP contribution < -0.4 is 4.74 Å². The third-order valence-corrected chi connectivity index (χ3v) is 4.50. The van der Waals surface area contributed by atoms with Gasteiger partial charge in [0.2, 0.25) is 6.04 Å². The number of rotatable bonds is 6. The average molecular weight is 326 g/mol. The predicted molar refractivity (Wildman–Crippen MR) is 92.9 cm³/mol. The summed E-state index contributed by atoms with van der Waals surface area (Å²) in [5.41, 5.74) is 2.12. The molecule has 0 amide bonds. The second-order valence-corrected chi connectivity index (χ2v) is 6.11. The lowest BCUT2D eigenvalue weighted by Gasteiger charge is -2.17. The van der Waals surface area contributed by atoms with Crippen LogP contribution >= 0.6 is 0 Å². The fraction of sp³-hybridized carbons (Fsp3) is 0.368. The molecular formula is C19H22N2O3. The number of likely N-dealkylation sites (tertiary alicyclic amines) is 1. The van der Waals surface area contributed by atoms with Crippen LogP contribution in [0, 0.1) is 10.1 Å². The van der Waals surface area contributed by atoms with Crippen LogP contribution in [-0.4, -0.2) is 35.6 Å². The Morgan fingerprint density at radius 1 is 1.12 bits per heavy atom. The van der Waals surface area contributed by atoms with E-state index >= 15 is 0 Å². The molecule has 24 heavy (non-hydrogen) atoms. The molecule has 1 heterocycles. The number of nitro groups is 1. The quantitative estimate of drug-likeness (QED) is 0.603. The second-order valence-electron chi connectivity index (χ2n) is 6.11. The summed E-state index contributed by atoms with van der Waals surface area (Å²) in [6, 6.07) is 17.2. The molecule has 0 radical (unpaired) electrons. The second kappa shape index (κ2) is 7.45. The Morgan fingerprint density at radius 3 is 2.54 bits per heavy atom. The van der Waals surface area contributed by atoms with Gasteiger partial charge in [-0.05, 0) is 18.6 Å². The van der Waals surface area contributed by atoms with Gasteiger partial charge in [0.1, 0.15) is 5.75 Å². The van der Waals surface area contributed by atoms with Crippen LogP contribution in [0.5, 0.6) is 5.75 Å². The predicted octanol–water partition coefficient (Wildman–Crippen LogP) is 3.33. The molecule has 2 aromatic rings. The van der Waals surface area contributed by atoms with E-state index in [1.165, 1.54) is 5.56 Å². The van der Waals surface area contributed by atoms with Gasteiger partial charge in [-0.25, -0.2) is 0 Å². The highest BCUT2D eigenvalue weighted by Gasteiger charge is 2.42. The highest BCUT2D eigenvalue weighted by molar-refractivity contribution is 5.38. The lowest BCUT2D eigenvalue weighted by molar-refractivity contribution is -0.521. The smallest absolute Gasteiger partial charge is 0.233 e. The first-order valence-corrected chi connectivity index (χ1v) is 8.30. The van der Waals surface area contributed by atoms with E-state index in [-0.39, 0.29) is 10.8 Å². The van der Waals surface area contributed by atoms with Crippen molar-refractivity contribution in [3.8, 4) is 5.75 Å². The third-order valence-electron chi connectivity index (χ3n) is 4.50. The number of hydrogen-bond donors (Lipinski definition) is 0. The SMILES string of the molecule is CCOc1ccccc1C1CN(Cc2ccccc2)CC1[N+](=O)[O-]. The van der Waals surface area contributed by atoms with Crippen LogP contribution in [-0.2, 0) is 6.54 Å². The molecule has 1 aliphatic heterocycles. The van der Waals surface area contributed by atoms with E-state index in [0.29, 0.717) is 19.7 Å². The molecule has 0 saturated carbocycles. The van der Waals surface area contributed by atoms with Gasteiger partial charge in [0, 0.05) is 23.6 Å². The first kappa shape index (κ1) is 16.5. The Balaban J connectivity index is 1.83. The molecule has 1 fully saturated rings. The Morgan fingerprint density at radius 2 is 1.83 bits per heavy atom. The standard InChI is InChI=1S/C19H22N2O3/c1-2-24-19-11-7-6-10-16(19)17-13-20(14-18(17)21(22)23)12-15-8-4-3-5-9-15/h3-11,17-18H,2,12-14H2,1H3. The van der Waals surface area contributed by atoms with E-state index in [1.807, 2.05) is 49.4 Å². The minimum absolute atomic E-state index is 0.140. The summed E-state index contributed by atoms with van der Waals surface area (Å²) in [4.78, 5) is 13.6. The minimum Gasteiger partial charge on any atom is -0.494 e. The molecule has 0 aromatic heterocycles. The molecule has 2 atom stereocenters. The van der Waals surface area contributed by atoms with Crippen LogP contribution in [0.1, 0.15) is 24.0 Å². The van der Waals surface area contributed by atoms with E-state index in [9.17, 15) is 10.1 Å². The molecule has 0 spiro atoms. The zero-order valence-corrected chi connectivity index (χ0v) is 13.8. The molecule has 1 saturated heterocycles. The maximum absolute atomic E-state index is 11.6. The summed E-state index contributed by atoms with van der Waals surface area (Å²) in [6.45, 7) is 4.36. The minimum atomic E-state index is -0.602. The molecule has 0 aliphatic carbocycles. The number of ether oxygens (including phenoxy) is 1. The van der Waals surface area contributed by atoms with Gasteiger partial charge >= 0.3 is 0 Å². The summed E-state index contributed by atoms with van der Waals surface area (Å²) in [6.07, 6.45) is 0. The van der Waals surface area contributed by atoms with Crippen LogP contribution in [0.15, 0.2) is 54.6 Å². The van der Waals surface area contributed by atoms with Gasteiger partial charge in [-0.2, -0.15) is 0 Å². The highest BCUT2D eigenvalue weighted by atomic mass is 16.6. The van der Waals surface area contributed by atoms with Crippen molar-refractivity contribution in [2.75, 3.05) is 19.7 Å². The maximum atomic E-state index is 11.6. The lowest BCUT2D eigenvalue weighted by atomic mass is 9.94. The summed E-state index contributed by atoms with van der Waals surface area (Å²) in [5, 5.41) is 11.6. The van der Waals surface area contributed by atoms with Crippen molar-refractivity contribution in [3.63, 3.8) is 0 Å². The normalized spacial score (nSPS) is 20.9.